The van der Waals surface area contributed by atoms with Crippen LogP contribution in [0.15, 0.2) is 23.4 Å². The smallest absolute Gasteiger partial charge is 0.0664 e. The highest BCUT2D eigenvalue weighted by Crippen LogP contribution is 2.26. The molecule has 0 radical (unpaired) electrons. The Bertz CT molecular complexity index is 373. The lowest BCUT2D eigenvalue weighted by atomic mass is 10.2. The molecule has 2 rings (SSSR count). The number of nitrogens with two attached hydrogens (primary N) is 1. The Morgan fingerprint density at radius 3 is 2.56 bits per heavy atom. The first-order valence-corrected chi connectivity index (χ1v) is 7.10. The highest BCUT2D eigenvalue weighted by Gasteiger charge is 2.21. The summed E-state index contributed by atoms with van der Waals surface area (Å²) in [6.07, 6.45) is 10.3. The molecular weight excluding hydrogens is 220 g/mol. The topological polar surface area (TPSA) is 56.0 Å². The molecule has 1 aromatic rings. The molecule has 0 bridgehead atoms. The van der Waals surface area contributed by atoms with Gasteiger partial charge in [0.15, 0.2) is 0 Å². The molecule has 4 heteroatoms. The predicted molar refractivity (Wildman–Crippen MR) is 66.5 cm³/mol. The van der Waals surface area contributed by atoms with Crippen LogP contribution in [0.25, 0.3) is 0 Å². The Morgan fingerprint density at radius 2 is 1.94 bits per heavy atom. The Labute approximate surface area is 98.9 Å². The molecule has 1 heterocycles. The number of pyridine rings is 1. The van der Waals surface area contributed by atoms with Crippen molar-refractivity contribution in [3.05, 3.63) is 18.5 Å². The molecule has 0 amide bonds. The fraction of sp³-hybridized carbons (Fsp3) is 0.583. The monoisotopic (exact) mass is 238 g/mol. The Balaban J connectivity index is 2.14. The Morgan fingerprint density at radius 1 is 1.25 bits per heavy atom. The molecule has 0 aromatic carbocycles. The van der Waals surface area contributed by atoms with Crippen LogP contribution in [-0.4, -0.2) is 14.4 Å². The van der Waals surface area contributed by atoms with Crippen LogP contribution >= 0.6 is 0 Å². The van der Waals surface area contributed by atoms with E-state index in [9.17, 15) is 4.21 Å². The van der Waals surface area contributed by atoms with Gasteiger partial charge in [-0.05, 0) is 18.9 Å². The third-order valence-electron chi connectivity index (χ3n) is 3.13. The van der Waals surface area contributed by atoms with E-state index in [1.807, 2.05) is 0 Å². The van der Waals surface area contributed by atoms with Gasteiger partial charge < -0.3 is 5.73 Å². The highest BCUT2D eigenvalue weighted by atomic mass is 32.2. The summed E-state index contributed by atoms with van der Waals surface area (Å²) in [6, 6.07) is 1.79. The standard InChI is InChI=1S/C12H18N2OS/c13-11-9-14-8-7-12(11)16(15)10-5-3-1-2-4-6-10/h7-10H,1-6,13H2. The van der Waals surface area contributed by atoms with E-state index < -0.39 is 10.8 Å². The van der Waals surface area contributed by atoms with Crippen LogP contribution in [-0.2, 0) is 10.8 Å². The van der Waals surface area contributed by atoms with Crippen molar-refractivity contribution in [2.75, 3.05) is 5.73 Å². The van der Waals surface area contributed by atoms with Crippen LogP contribution in [0.4, 0.5) is 5.69 Å². The zero-order chi connectivity index (χ0) is 11.4. The average molecular weight is 238 g/mol. The lowest BCUT2D eigenvalue weighted by Crippen LogP contribution is -2.15. The number of anilines is 1. The van der Waals surface area contributed by atoms with Crippen LogP contribution < -0.4 is 5.73 Å². The Kier molecular flexibility index (Phi) is 3.93. The van der Waals surface area contributed by atoms with Gasteiger partial charge in [0.05, 0.1) is 27.6 Å². The SMILES string of the molecule is Nc1cnccc1S(=O)C1CCCCCC1. The number of nitrogens with zero attached hydrogens (tertiary/aromatic N) is 1. The minimum Gasteiger partial charge on any atom is -0.396 e. The van der Waals surface area contributed by atoms with Gasteiger partial charge in [-0.1, -0.05) is 25.7 Å². The summed E-state index contributed by atoms with van der Waals surface area (Å²) in [5, 5.41) is 0.284. The third-order valence-corrected chi connectivity index (χ3v) is 5.01. The van der Waals surface area contributed by atoms with Crippen molar-refractivity contribution in [1.82, 2.24) is 4.98 Å². The second-order valence-electron chi connectivity index (χ2n) is 4.32. The van der Waals surface area contributed by atoms with Gasteiger partial charge in [0.2, 0.25) is 0 Å². The molecule has 88 valence electrons. The van der Waals surface area contributed by atoms with Crippen molar-refractivity contribution in [1.29, 1.82) is 0 Å². The first-order valence-electron chi connectivity index (χ1n) is 5.89. The number of hydrogen-bond acceptors (Lipinski definition) is 3. The summed E-state index contributed by atoms with van der Waals surface area (Å²) in [5.41, 5.74) is 6.37. The van der Waals surface area contributed by atoms with Gasteiger partial charge in [-0.15, -0.1) is 0 Å². The molecule has 1 unspecified atom stereocenters. The molecular formula is C12H18N2OS. The summed E-state index contributed by atoms with van der Waals surface area (Å²) in [7, 11) is -0.958. The molecule has 0 aliphatic heterocycles. The molecule has 0 spiro atoms. The van der Waals surface area contributed by atoms with Gasteiger partial charge in [-0.25, -0.2) is 0 Å². The molecule has 1 aliphatic carbocycles. The first-order chi connectivity index (χ1) is 7.79. The van der Waals surface area contributed by atoms with Crippen LogP contribution in [0, 0.1) is 0 Å². The fourth-order valence-corrected chi connectivity index (χ4v) is 3.81. The third kappa shape index (κ3) is 2.61. The van der Waals surface area contributed by atoms with Crippen molar-refractivity contribution in [2.45, 2.75) is 48.7 Å². The maximum atomic E-state index is 12.4. The molecule has 1 aliphatic rings. The average Bonchev–Trinajstić information content (AvgIpc) is 2.57. The minimum absolute atomic E-state index is 0.284. The van der Waals surface area contributed by atoms with Crippen LogP contribution in [0.5, 0.6) is 0 Å². The van der Waals surface area contributed by atoms with E-state index in [2.05, 4.69) is 4.98 Å². The van der Waals surface area contributed by atoms with Gasteiger partial charge in [0.25, 0.3) is 0 Å². The van der Waals surface area contributed by atoms with E-state index in [0.29, 0.717) is 5.69 Å². The number of hydrogen-bond donors (Lipinski definition) is 1. The van der Waals surface area contributed by atoms with Crippen molar-refractivity contribution in [3.63, 3.8) is 0 Å². The summed E-state index contributed by atoms with van der Waals surface area (Å²) >= 11 is 0. The zero-order valence-corrected chi connectivity index (χ0v) is 10.2. The summed E-state index contributed by atoms with van der Waals surface area (Å²) in [4.78, 5) is 4.70. The number of aromatic nitrogens is 1. The maximum absolute atomic E-state index is 12.4. The largest absolute Gasteiger partial charge is 0.396 e. The number of rotatable bonds is 2. The summed E-state index contributed by atoms with van der Waals surface area (Å²) < 4.78 is 12.4. The normalized spacial score (nSPS) is 20.2. The Hall–Kier alpha value is -0.900. The summed E-state index contributed by atoms with van der Waals surface area (Å²) in [5.74, 6) is 0. The second kappa shape index (κ2) is 5.43. The molecule has 1 aromatic heterocycles. The minimum atomic E-state index is -0.958. The molecule has 1 atom stereocenters. The molecule has 2 N–H and O–H groups in total. The number of nitrogen functional groups attached to an aromatic ring is 1. The van der Waals surface area contributed by atoms with Crippen molar-refractivity contribution in [2.24, 2.45) is 0 Å². The first kappa shape index (κ1) is 11.6. The van der Waals surface area contributed by atoms with E-state index in [4.69, 9.17) is 5.73 Å². The quantitative estimate of drug-likeness (QED) is 0.805. The molecule has 3 nitrogen and oxygen atoms in total. The van der Waals surface area contributed by atoms with Crippen molar-refractivity contribution in [3.8, 4) is 0 Å². The zero-order valence-electron chi connectivity index (χ0n) is 9.39. The van der Waals surface area contributed by atoms with Gasteiger partial charge in [0, 0.05) is 11.4 Å². The van der Waals surface area contributed by atoms with Crippen molar-refractivity contribution < 1.29 is 4.21 Å². The lowest BCUT2D eigenvalue weighted by molar-refractivity contribution is 0.642. The van der Waals surface area contributed by atoms with E-state index in [-0.39, 0.29) is 5.25 Å². The highest BCUT2D eigenvalue weighted by molar-refractivity contribution is 7.85. The molecule has 16 heavy (non-hydrogen) atoms. The van der Waals surface area contributed by atoms with E-state index in [1.165, 1.54) is 25.7 Å². The van der Waals surface area contributed by atoms with Gasteiger partial charge in [-0.3, -0.25) is 9.19 Å². The fourth-order valence-electron chi connectivity index (χ4n) is 2.21. The van der Waals surface area contributed by atoms with Gasteiger partial charge >= 0.3 is 0 Å². The molecule has 1 fully saturated rings. The van der Waals surface area contributed by atoms with Crippen molar-refractivity contribution >= 4 is 16.5 Å². The summed E-state index contributed by atoms with van der Waals surface area (Å²) in [6.45, 7) is 0. The van der Waals surface area contributed by atoms with Crippen LogP contribution in [0.1, 0.15) is 38.5 Å². The second-order valence-corrected chi connectivity index (χ2v) is 6.03. The van der Waals surface area contributed by atoms with Gasteiger partial charge in [0.1, 0.15) is 0 Å². The van der Waals surface area contributed by atoms with E-state index in [1.54, 1.807) is 18.5 Å². The van der Waals surface area contributed by atoms with E-state index >= 15 is 0 Å². The molecule has 1 saturated carbocycles. The van der Waals surface area contributed by atoms with Crippen LogP contribution in [0.3, 0.4) is 0 Å². The van der Waals surface area contributed by atoms with Crippen LogP contribution in [0.2, 0.25) is 0 Å². The van der Waals surface area contributed by atoms with Gasteiger partial charge in [-0.2, -0.15) is 0 Å². The predicted octanol–water partition coefficient (Wildman–Crippen LogP) is 2.49. The molecule has 0 saturated heterocycles. The lowest BCUT2D eigenvalue weighted by Gasteiger charge is -2.14. The van der Waals surface area contributed by atoms with E-state index in [0.717, 1.165) is 17.7 Å². The maximum Gasteiger partial charge on any atom is 0.0664 e.